The van der Waals surface area contributed by atoms with Crippen LogP contribution < -0.4 is 0 Å². The average molecular weight is 286 g/mol. The maximum Gasteiger partial charge on any atom is 0.338 e. The van der Waals surface area contributed by atoms with Gasteiger partial charge in [0.05, 0.1) is 11.5 Å². The fourth-order valence-corrected chi connectivity index (χ4v) is 4.29. The number of rotatable bonds is 3. The maximum atomic E-state index is 12.7. The summed E-state index contributed by atoms with van der Waals surface area (Å²) in [5.41, 5.74) is 0.300. The van der Waals surface area contributed by atoms with Crippen molar-refractivity contribution in [3.05, 3.63) is 35.9 Å². The number of ketones is 1. The summed E-state index contributed by atoms with van der Waals surface area (Å²) in [6, 6.07) is 8.94. The molecule has 3 atom stereocenters. The van der Waals surface area contributed by atoms with Gasteiger partial charge in [-0.15, -0.1) is 0 Å². The lowest BCUT2D eigenvalue weighted by Gasteiger charge is -2.32. The highest BCUT2D eigenvalue weighted by Crippen LogP contribution is 2.65. The van der Waals surface area contributed by atoms with Gasteiger partial charge in [0.2, 0.25) is 0 Å². The molecular weight excluding hydrogens is 264 g/mol. The molecule has 3 heteroatoms. The van der Waals surface area contributed by atoms with Crippen molar-refractivity contribution in [3.8, 4) is 0 Å². The maximum absolute atomic E-state index is 12.7. The van der Waals surface area contributed by atoms with Gasteiger partial charge in [0.1, 0.15) is 12.4 Å². The minimum absolute atomic E-state index is 0.00784. The van der Waals surface area contributed by atoms with E-state index in [0.29, 0.717) is 11.5 Å². The zero-order chi connectivity index (χ0) is 15.3. The van der Waals surface area contributed by atoms with Crippen molar-refractivity contribution in [2.24, 2.45) is 22.7 Å². The normalized spacial score (nSPS) is 33.2. The molecule has 112 valence electrons. The molecule has 3 unspecified atom stereocenters. The summed E-state index contributed by atoms with van der Waals surface area (Å²) in [6.07, 6.45) is 2.02. The van der Waals surface area contributed by atoms with Gasteiger partial charge in [-0.1, -0.05) is 39.0 Å². The molecule has 3 nitrogen and oxygen atoms in total. The first kappa shape index (κ1) is 14.3. The second kappa shape index (κ2) is 4.69. The number of ether oxygens (including phenoxy) is 1. The van der Waals surface area contributed by atoms with Crippen molar-refractivity contribution in [1.29, 1.82) is 0 Å². The molecule has 1 aromatic carbocycles. The van der Waals surface area contributed by atoms with E-state index in [1.807, 2.05) is 18.2 Å². The predicted molar refractivity (Wildman–Crippen MR) is 79.8 cm³/mol. The Kier molecular flexibility index (Phi) is 3.19. The topological polar surface area (TPSA) is 43.4 Å². The van der Waals surface area contributed by atoms with Crippen LogP contribution in [-0.2, 0) is 9.53 Å². The number of fused-ring (bicyclic) bond motifs is 2. The van der Waals surface area contributed by atoms with E-state index in [1.165, 1.54) is 0 Å². The van der Waals surface area contributed by atoms with Crippen LogP contribution in [0.1, 0.15) is 44.0 Å². The number of hydrogen-bond acceptors (Lipinski definition) is 3. The Bertz CT molecular complexity index is 575. The van der Waals surface area contributed by atoms with Crippen LogP contribution in [0.5, 0.6) is 0 Å². The lowest BCUT2D eigenvalue weighted by Crippen LogP contribution is -2.34. The number of benzene rings is 1. The summed E-state index contributed by atoms with van der Waals surface area (Å²) < 4.78 is 5.41. The van der Waals surface area contributed by atoms with E-state index in [0.717, 1.165) is 12.8 Å². The molecule has 0 amide bonds. The Morgan fingerprint density at radius 2 is 1.90 bits per heavy atom. The van der Waals surface area contributed by atoms with Gasteiger partial charge >= 0.3 is 5.97 Å². The highest BCUT2D eigenvalue weighted by Gasteiger charge is 2.66. The summed E-state index contributed by atoms with van der Waals surface area (Å²) in [5, 5.41) is 0. The van der Waals surface area contributed by atoms with E-state index in [2.05, 4.69) is 20.8 Å². The van der Waals surface area contributed by atoms with E-state index in [4.69, 9.17) is 4.74 Å². The molecule has 0 heterocycles. The highest BCUT2D eigenvalue weighted by molar-refractivity contribution is 5.93. The molecule has 0 radical (unpaired) electrons. The first-order chi connectivity index (χ1) is 9.88. The molecule has 2 saturated carbocycles. The largest absolute Gasteiger partial charge is 0.461 e. The predicted octanol–water partition coefficient (Wildman–Crippen LogP) is 3.48. The van der Waals surface area contributed by atoms with Gasteiger partial charge in [0, 0.05) is 5.41 Å². The van der Waals surface area contributed by atoms with Crippen LogP contribution in [0.3, 0.4) is 0 Å². The molecule has 1 aromatic rings. The summed E-state index contributed by atoms with van der Waals surface area (Å²) in [7, 11) is 0. The lowest BCUT2D eigenvalue weighted by atomic mass is 9.70. The Balaban J connectivity index is 1.70. The molecule has 0 N–H and O–H groups in total. The molecule has 2 fully saturated rings. The van der Waals surface area contributed by atoms with Crippen molar-refractivity contribution in [1.82, 2.24) is 0 Å². The lowest BCUT2D eigenvalue weighted by molar-refractivity contribution is -0.132. The molecule has 0 spiro atoms. The first-order valence-corrected chi connectivity index (χ1v) is 7.64. The quantitative estimate of drug-likeness (QED) is 0.799. The minimum Gasteiger partial charge on any atom is -0.461 e. The van der Waals surface area contributed by atoms with Gasteiger partial charge in [-0.05, 0) is 36.3 Å². The van der Waals surface area contributed by atoms with E-state index in [9.17, 15) is 9.59 Å². The van der Waals surface area contributed by atoms with Crippen molar-refractivity contribution in [3.63, 3.8) is 0 Å². The second-order valence-corrected chi connectivity index (χ2v) is 7.13. The third-order valence-corrected chi connectivity index (χ3v) is 6.07. The molecule has 3 rings (SSSR count). The van der Waals surface area contributed by atoms with Crippen LogP contribution in [0, 0.1) is 22.7 Å². The summed E-state index contributed by atoms with van der Waals surface area (Å²) in [5.74, 6) is 0.142. The van der Waals surface area contributed by atoms with Crippen molar-refractivity contribution >= 4 is 11.8 Å². The molecule has 0 aliphatic heterocycles. The SMILES string of the molecule is CC12CCC(C(COC(=O)c3ccccc3)C1=O)C2(C)C. The first-order valence-electron chi connectivity index (χ1n) is 7.64. The van der Waals surface area contributed by atoms with Crippen LogP contribution in [-0.4, -0.2) is 18.4 Å². The number of carbonyl (C=O) groups is 2. The summed E-state index contributed by atoms with van der Waals surface area (Å²) >= 11 is 0. The average Bonchev–Trinajstić information content (AvgIpc) is 2.78. The zero-order valence-corrected chi connectivity index (χ0v) is 12.9. The summed E-state index contributed by atoms with van der Waals surface area (Å²) in [4.78, 5) is 24.7. The summed E-state index contributed by atoms with van der Waals surface area (Å²) in [6.45, 7) is 6.66. The van der Waals surface area contributed by atoms with Crippen molar-refractivity contribution in [2.75, 3.05) is 6.61 Å². The van der Waals surface area contributed by atoms with Crippen LogP contribution in [0.2, 0.25) is 0 Å². The zero-order valence-electron chi connectivity index (χ0n) is 12.9. The molecule has 0 saturated heterocycles. The van der Waals surface area contributed by atoms with Crippen LogP contribution >= 0.6 is 0 Å². The Hall–Kier alpha value is -1.64. The highest BCUT2D eigenvalue weighted by atomic mass is 16.5. The van der Waals surface area contributed by atoms with Gasteiger partial charge in [-0.2, -0.15) is 0 Å². The van der Waals surface area contributed by atoms with Crippen LogP contribution in [0.4, 0.5) is 0 Å². The van der Waals surface area contributed by atoms with Crippen LogP contribution in [0.25, 0.3) is 0 Å². The van der Waals surface area contributed by atoms with E-state index in [1.54, 1.807) is 12.1 Å². The Morgan fingerprint density at radius 1 is 1.24 bits per heavy atom. The number of hydrogen-bond donors (Lipinski definition) is 0. The second-order valence-electron chi connectivity index (χ2n) is 7.13. The van der Waals surface area contributed by atoms with E-state index in [-0.39, 0.29) is 35.1 Å². The third kappa shape index (κ3) is 1.94. The molecule has 2 bridgehead atoms. The van der Waals surface area contributed by atoms with Gasteiger partial charge in [0.15, 0.2) is 0 Å². The van der Waals surface area contributed by atoms with Gasteiger partial charge < -0.3 is 4.74 Å². The molecule has 2 aliphatic carbocycles. The molecule has 21 heavy (non-hydrogen) atoms. The Morgan fingerprint density at radius 3 is 2.48 bits per heavy atom. The minimum atomic E-state index is -0.339. The van der Waals surface area contributed by atoms with E-state index >= 15 is 0 Å². The van der Waals surface area contributed by atoms with Gasteiger partial charge in [-0.25, -0.2) is 4.79 Å². The van der Waals surface area contributed by atoms with Crippen LogP contribution in [0.15, 0.2) is 30.3 Å². The van der Waals surface area contributed by atoms with E-state index < -0.39 is 0 Å². The molecular formula is C18H22O3. The number of Topliss-reactive ketones (excluding diaryl/α,β-unsaturated/α-hetero) is 1. The Labute approximate surface area is 125 Å². The molecule has 0 aromatic heterocycles. The smallest absolute Gasteiger partial charge is 0.338 e. The number of esters is 1. The standard InChI is InChI=1S/C18H22O3/c1-17(2)14-9-10-18(17,3)15(19)13(14)11-21-16(20)12-7-5-4-6-8-12/h4-8,13-14H,9-11H2,1-3H3. The monoisotopic (exact) mass is 286 g/mol. The van der Waals surface area contributed by atoms with Crippen molar-refractivity contribution in [2.45, 2.75) is 33.6 Å². The third-order valence-electron chi connectivity index (χ3n) is 6.07. The van der Waals surface area contributed by atoms with Crippen molar-refractivity contribution < 1.29 is 14.3 Å². The fourth-order valence-electron chi connectivity index (χ4n) is 4.29. The molecule has 2 aliphatic rings. The van der Waals surface area contributed by atoms with Gasteiger partial charge in [0.25, 0.3) is 0 Å². The fraction of sp³-hybridized carbons (Fsp3) is 0.556. The number of carbonyl (C=O) groups excluding carboxylic acids is 2. The van der Waals surface area contributed by atoms with Gasteiger partial charge in [-0.3, -0.25) is 4.79 Å².